The van der Waals surface area contributed by atoms with Crippen LogP contribution in [0.1, 0.15) is 66.7 Å². The van der Waals surface area contributed by atoms with Crippen molar-refractivity contribution in [3.05, 3.63) is 0 Å². The van der Waals surface area contributed by atoms with Crippen LogP contribution in [-0.2, 0) is 0 Å². The Morgan fingerprint density at radius 2 is 1.88 bits per heavy atom. The standard InChI is InChI=1S/C15H30O2/c1-11(2)13-7-6-12(3)10-15(13,17)9-8-14(4,5)16/h11-13,16-17H,6-10H2,1-5H3/t12-,13+,15+/m0/s1. The molecule has 0 heterocycles. The highest BCUT2D eigenvalue weighted by molar-refractivity contribution is 4.94. The molecule has 3 atom stereocenters. The largest absolute Gasteiger partial charge is 0.390 e. The summed E-state index contributed by atoms with van der Waals surface area (Å²) in [5.74, 6) is 1.52. The van der Waals surface area contributed by atoms with E-state index in [4.69, 9.17) is 0 Å². The molecule has 1 aliphatic carbocycles. The number of aliphatic hydroxyl groups is 2. The van der Waals surface area contributed by atoms with Gasteiger partial charge in [-0.25, -0.2) is 0 Å². The highest BCUT2D eigenvalue weighted by Crippen LogP contribution is 2.44. The minimum atomic E-state index is -0.669. The molecule has 0 aromatic rings. The van der Waals surface area contributed by atoms with Crippen LogP contribution in [0.4, 0.5) is 0 Å². The fourth-order valence-electron chi connectivity index (χ4n) is 3.35. The van der Waals surface area contributed by atoms with Gasteiger partial charge in [0.2, 0.25) is 0 Å². The summed E-state index contributed by atoms with van der Waals surface area (Å²) in [7, 11) is 0. The summed E-state index contributed by atoms with van der Waals surface area (Å²) < 4.78 is 0. The topological polar surface area (TPSA) is 40.5 Å². The van der Waals surface area contributed by atoms with Crippen LogP contribution < -0.4 is 0 Å². The second-order valence-electron chi connectivity index (χ2n) is 7.15. The summed E-state index contributed by atoms with van der Waals surface area (Å²) >= 11 is 0. The average molecular weight is 242 g/mol. The van der Waals surface area contributed by atoms with Crippen LogP contribution in [-0.4, -0.2) is 21.4 Å². The molecule has 0 spiro atoms. The Balaban J connectivity index is 2.71. The maximum Gasteiger partial charge on any atom is 0.0681 e. The van der Waals surface area contributed by atoms with Crippen LogP contribution >= 0.6 is 0 Å². The summed E-state index contributed by atoms with van der Waals surface area (Å²) in [6.07, 6.45) is 4.66. The van der Waals surface area contributed by atoms with Gasteiger partial charge in [0.05, 0.1) is 11.2 Å². The molecule has 2 heteroatoms. The van der Waals surface area contributed by atoms with Crippen LogP contribution in [0.5, 0.6) is 0 Å². The van der Waals surface area contributed by atoms with E-state index in [1.54, 1.807) is 0 Å². The molecule has 0 aromatic carbocycles. The van der Waals surface area contributed by atoms with Crippen LogP contribution in [0.2, 0.25) is 0 Å². The van der Waals surface area contributed by atoms with Gasteiger partial charge < -0.3 is 10.2 Å². The van der Waals surface area contributed by atoms with E-state index in [0.717, 1.165) is 19.3 Å². The monoisotopic (exact) mass is 242 g/mol. The fraction of sp³-hybridized carbons (Fsp3) is 1.00. The van der Waals surface area contributed by atoms with Crippen molar-refractivity contribution in [1.82, 2.24) is 0 Å². The van der Waals surface area contributed by atoms with Crippen molar-refractivity contribution in [2.24, 2.45) is 17.8 Å². The van der Waals surface area contributed by atoms with Crippen molar-refractivity contribution < 1.29 is 10.2 Å². The zero-order valence-electron chi connectivity index (χ0n) is 12.2. The van der Waals surface area contributed by atoms with Gasteiger partial charge >= 0.3 is 0 Å². The minimum absolute atomic E-state index is 0.390. The van der Waals surface area contributed by atoms with E-state index in [1.807, 2.05) is 13.8 Å². The minimum Gasteiger partial charge on any atom is -0.390 e. The molecule has 0 saturated heterocycles. The third kappa shape index (κ3) is 4.26. The smallest absolute Gasteiger partial charge is 0.0681 e. The molecule has 1 aliphatic rings. The van der Waals surface area contributed by atoms with Gasteiger partial charge in [-0.05, 0) is 57.3 Å². The maximum atomic E-state index is 10.9. The normalized spacial score (nSPS) is 35.3. The van der Waals surface area contributed by atoms with Gasteiger partial charge in [-0.3, -0.25) is 0 Å². The van der Waals surface area contributed by atoms with Gasteiger partial charge in [0.1, 0.15) is 0 Å². The Morgan fingerprint density at radius 3 is 2.35 bits per heavy atom. The molecule has 0 unspecified atom stereocenters. The molecule has 0 amide bonds. The zero-order valence-corrected chi connectivity index (χ0v) is 12.2. The molecule has 2 N–H and O–H groups in total. The fourth-order valence-corrected chi connectivity index (χ4v) is 3.35. The molecule has 0 bridgehead atoms. The van der Waals surface area contributed by atoms with E-state index in [-0.39, 0.29) is 0 Å². The van der Waals surface area contributed by atoms with Crippen LogP contribution in [0, 0.1) is 17.8 Å². The molecular formula is C15H30O2. The summed E-state index contributed by atoms with van der Waals surface area (Å²) in [5.41, 5.74) is -1.23. The Morgan fingerprint density at radius 1 is 1.29 bits per heavy atom. The number of hydrogen-bond donors (Lipinski definition) is 2. The summed E-state index contributed by atoms with van der Waals surface area (Å²) in [4.78, 5) is 0. The van der Waals surface area contributed by atoms with Gasteiger partial charge in [-0.15, -0.1) is 0 Å². The molecule has 0 aromatic heterocycles. The third-order valence-corrected chi connectivity index (χ3v) is 4.34. The quantitative estimate of drug-likeness (QED) is 0.793. The molecule has 0 radical (unpaired) electrons. The van der Waals surface area contributed by atoms with E-state index < -0.39 is 11.2 Å². The van der Waals surface area contributed by atoms with Gasteiger partial charge in [-0.2, -0.15) is 0 Å². The van der Waals surface area contributed by atoms with Gasteiger partial charge in [0.15, 0.2) is 0 Å². The first-order valence-electron chi connectivity index (χ1n) is 7.09. The van der Waals surface area contributed by atoms with Crippen molar-refractivity contribution in [3.63, 3.8) is 0 Å². The summed E-state index contributed by atoms with van der Waals surface area (Å²) in [6, 6.07) is 0. The molecule has 1 fully saturated rings. The van der Waals surface area contributed by atoms with Gasteiger partial charge in [0.25, 0.3) is 0 Å². The number of rotatable bonds is 4. The molecule has 102 valence electrons. The Hall–Kier alpha value is -0.0800. The highest BCUT2D eigenvalue weighted by atomic mass is 16.3. The first-order chi connectivity index (χ1) is 7.64. The van der Waals surface area contributed by atoms with Crippen LogP contribution in [0.3, 0.4) is 0 Å². The van der Waals surface area contributed by atoms with Crippen molar-refractivity contribution in [2.45, 2.75) is 77.9 Å². The van der Waals surface area contributed by atoms with E-state index in [0.29, 0.717) is 24.2 Å². The third-order valence-electron chi connectivity index (χ3n) is 4.34. The van der Waals surface area contributed by atoms with Crippen LogP contribution in [0.25, 0.3) is 0 Å². The van der Waals surface area contributed by atoms with E-state index in [1.165, 1.54) is 6.42 Å². The van der Waals surface area contributed by atoms with E-state index in [9.17, 15) is 10.2 Å². The van der Waals surface area contributed by atoms with Crippen LogP contribution in [0.15, 0.2) is 0 Å². The Labute approximate surface area is 106 Å². The van der Waals surface area contributed by atoms with Crippen molar-refractivity contribution in [1.29, 1.82) is 0 Å². The summed E-state index contributed by atoms with van der Waals surface area (Å²) in [5, 5.41) is 20.8. The lowest BCUT2D eigenvalue weighted by Crippen LogP contribution is -2.46. The molecule has 0 aliphatic heterocycles. The van der Waals surface area contributed by atoms with Gasteiger partial charge in [0, 0.05) is 0 Å². The van der Waals surface area contributed by atoms with Crippen molar-refractivity contribution >= 4 is 0 Å². The molecule has 2 nitrogen and oxygen atoms in total. The maximum absolute atomic E-state index is 10.9. The second-order valence-corrected chi connectivity index (χ2v) is 7.15. The first kappa shape index (κ1) is 15.0. The Bertz CT molecular complexity index is 242. The predicted molar refractivity (Wildman–Crippen MR) is 71.8 cm³/mol. The first-order valence-corrected chi connectivity index (χ1v) is 7.09. The summed E-state index contributed by atoms with van der Waals surface area (Å²) in [6.45, 7) is 10.3. The second kappa shape index (κ2) is 5.27. The van der Waals surface area contributed by atoms with E-state index >= 15 is 0 Å². The lowest BCUT2D eigenvalue weighted by atomic mass is 9.65. The SMILES string of the molecule is CC(C)[C@H]1CC[C@H](C)C[C@]1(O)CCC(C)(C)O. The average Bonchev–Trinajstić information content (AvgIpc) is 2.13. The molecular weight excluding hydrogens is 212 g/mol. The molecule has 17 heavy (non-hydrogen) atoms. The Kier molecular flexibility index (Phi) is 4.65. The van der Waals surface area contributed by atoms with Crippen molar-refractivity contribution in [3.8, 4) is 0 Å². The van der Waals surface area contributed by atoms with Crippen molar-refractivity contribution in [2.75, 3.05) is 0 Å². The molecule has 1 rings (SSSR count). The lowest BCUT2D eigenvalue weighted by Gasteiger charge is -2.45. The zero-order chi connectivity index (χ0) is 13.3. The lowest BCUT2D eigenvalue weighted by molar-refractivity contribution is -0.0975. The molecule has 1 saturated carbocycles. The highest BCUT2D eigenvalue weighted by Gasteiger charge is 2.42. The predicted octanol–water partition coefficient (Wildman–Crippen LogP) is 3.36. The number of hydrogen-bond acceptors (Lipinski definition) is 2. The van der Waals surface area contributed by atoms with Gasteiger partial charge in [-0.1, -0.05) is 27.2 Å². The van der Waals surface area contributed by atoms with E-state index in [2.05, 4.69) is 20.8 Å².